The molecule has 1 saturated heterocycles. The standard InChI is InChI=1S/C13H20N4O2/c1-16-5-6-17(2)11(9-16)8-14-10-3-4-12(13(18)19)15-7-10/h3-4,7,11,14H,5-6,8-9H2,1-2H3,(H,18,19). The third kappa shape index (κ3) is 3.65. The second-order valence-electron chi connectivity index (χ2n) is 5.01. The highest BCUT2D eigenvalue weighted by atomic mass is 16.4. The summed E-state index contributed by atoms with van der Waals surface area (Å²) in [6.45, 7) is 4.03. The van der Waals surface area contributed by atoms with Crippen LogP contribution in [-0.2, 0) is 0 Å². The van der Waals surface area contributed by atoms with Gasteiger partial charge in [0.05, 0.1) is 11.9 Å². The van der Waals surface area contributed by atoms with Gasteiger partial charge in [0, 0.05) is 32.2 Å². The molecule has 0 radical (unpaired) electrons. The summed E-state index contributed by atoms with van der Waals surface area (Å²) < 4.78 is 0. The molecule has 2 N–H and O–H groups in total. The van der Waals surface area contributed by atoms with Gasteiger partial charge >= 0.3 is 5.97 Å². The van der Waals surface area contributed by atoms with E-state index in [1.807, 2.05) is 0 Å². The summed E-state index contributed by atoms with van der Waals surface area (Å²) in [5, 5.41) is 12.1. The van der Waals surface area contributed by atoms with Crippen LogP contribution < -0.4 is 5.32 Å². The molecule has 0 aromatic carbocycles. The quantitative estimate of drug-likeness (QED) is 0.822. The number of pyridine rings is 1. The minimum atomic E-state index is -1.000. The van der Waals surface area contributed by atoms with Crippen molar-refractivity contribution in [2.45, 2.75) is 6.04 Å². The van der Waals surface area contributed by atoms with Crippen LogP contribution in [0.15, 0.2) is 18.3 Å². The van der Waals surface area contributed by atoms with Crippen molar-refractivity contribution in [3.8, 4) is 0 Å². The Balaban J connectivity index is 1.89. The number of aromatic nitrogens is 1. The number of carboxylic acid groups (broad SMARTS) is 1. The largest absolute Gasteiger partial charge is 0.477 e. The van der Waals surface area contributed by atoms with E-state index in [-0.39, 0.29) is 5.69 Å². The molecule has 19 heavy (non-hydrogen) atoms. The van der Waals surface area contributed by atoms with Gasteiger partial charge in [-0.15, -0.1) is 0 Å². The van der Waals surface area contributed by atoms with Gasteiger partial charge in [-0.2, -0.15) is 0 Å². The first-order chi connectivity index (χ1) is 9.06. The third-order valence-corrected chi connectivity index (χ3v) is 3.50. The van der Waals surface area contributed by atoms with Crippen molar-refractivity contribution >= 4 is 11.7 Å². The van der Waals surface area contributed by atoms with Gasteiger partial charge in [0.2, 0.25) is 0 Å². The lowest BCUT2D eigenvalue weighted by atomic mass is 10.2. The first-order valence-corrected chi connectivity index (χ1v) is 6.38. The third-order valence-electron chi connectivity index (χ3n) is 3.50. The van der Waals surface area contributed by atoms with Crippen molar-refractivity contribution in [3.63, 3.8) is 0 Å². The molecule has 1 unspecified atom stereocenters. The molecule has 1 fully saturated rings. The normalized spacial score (nSPS) is 21.3. The van der Waals surface area contributed by atoms with Crippen molar-refractivity contribution in [2.75, 3.05) is 45.6 Å². The lowest BCUT2D eigenvalue weighted by molar-refractivity contribution is 0.0690. The fourth-order valence-corrected chi connectivity index (χ4v) is 2.18. The molecule has 0 aliphatic carbocycles. The van der Waals surface area contributed by atoms with Gasteiger partial charge in [0.15, 0.2) is 0 Å². The number of likely N-dealkylation sites (N-methyl/N-ethyl adjacent to an activating group) is 2. The van der Waals surface area contributed by atoms with E-state index in [1.165, 1.54) is 6.07 Å². The maximum atomic E-state index is 10.7. The van der Waals surface area contributed by atoms with E-state index in [9.17, 15) is 4.79 Å². The molecule has 0 bridgehead atoms. The maximum Gasteiger partial charge on any atom is 0.354 e. The van der Waals surface area contributed by atoms with Gasteiger partial charge in [-0.05, 0) is 26.2 Å². The van der Waals surface area contributed by atoms with E-state index in [1.54, 1.807) is 12.3 Å². The van der Waals surface area contributed by atoms with Crippen LogP contribution in [0.5, 0.6) is 0 Å². The molecular formula is C13H20N4O2. The first kappa shape index (κ1) is 13.8. The maximum absolute atomic E-state index is 10.7. The number of anilines is 1. The number of hydrogen-bond acceptors (Lipinski definition) is 5. The molecule has 1 atom stereocenters. The molecule has 0 spiro atoms. The van der Waals surface area contributed by atoms with Gasteiger partial charge in [-0.1, -0.05) is 0 Å². The molecule has 6 nitrogen and oxygen atoms in total. The van der Waals surface area contributed by atoms with Gasteiger partial charge in [-0.3, -0.25) is 4.90 Å². The monoisotopic (exact) mass is 264 g/mol. The number of piperazine rings is 1. The van der Waals surface area contributed by atoms with Gasteiger partial charge in [0.25, 0.3) is 0 Å². The number of carbonyl (C=O) groups is 1. The van der Waals surface area contributed by atoms with E-state index < -0.39 is 5.97 Å². The minimum absolute atomic E-state index is 0.0695. The summed E-state index contributed by atoms with van der Waals surface area (Å²) >= 11 is 0. The number of carboxylic acids is 1. The molecule has 104 valence electrons. The van der Waals surface area contributed by atoms with Crippen LogP contribution in [0.3, 0.4) is 0 Å². The SMILES string of the molecule is CN1CCN(C)C(CNc2ccc(C(=O)O)nc2)C1. The summed E-state index contributed by atoms with van der Waals surface area (Å²) in [4.78, 5) is 19.2. The topological polar surface area (TPSA) is 68.7 Å². The van der Waals surface area contributed by atoms with Crippen LogP contribution in [0.1, 0.15) is 10.5 Å². The Bertz CT molecular complexity index is 435. The summed E-state index contributed by atoms with van der Waals surface area (Å²) in [5.74, 6) is -1.000. The molecule has 2 heterocycles. The Hall–Kier alpha value is -1.66. The van der Waals surface area contributed by atoms with Crippen LogP contribution in [0, 0.1) is 0 Å². The van der Waals surface area contributed by atoms with Crippen LogP contribution in [-0.4, -0.2) is 72.2 Å². The van der Waals surface area contributed by atoms with Crippen LogP contribution in [0.25, 0.3) is 0 Å². The Labute approximate surface area is 113 Å². The van der Waals surface area contributed by atoms with E-state index in [0.717, 1.165) is 31.9 Å². The average Bonchev–Trinajstić information content (AvgIpc) is 2.40. The van der Waals surface area contributed by atoms with Crippen LogP contribution in [0.4, 0.5) is 5.69 Å². The fraction of sp³-hybridized carbons (Fsp3) is 0.538. The molecule has 1 aliphatic heterocycles. The zero-order valence-electron chi connectivity index (χ0n) is 11.3. The Morgan fingerprint density at radius 1 is 1.47 bits per heavy atom. The van der Waals surface area contributed by atoms with Gasteiger partial charge in [0.1, 0.15) is 5.69 Å². The smallest absolute Gasteiger partial charge is 0.354 e. The Morgan fingerprint density at radius 3 is 2.89 bits per heavy atom. The number of hydrogen-bond donors (Lipinski definition) is 2. The highest BCUT2D eigenvalue weighted by Crippen LogP contribution is 2.10. The predicted molar refractivity (Wildman–Crippen MR) is 73.6 cm³/mol. The molecule has 1 aliphatic rings. The number of rotatable bonds is 4. The summed E-state index contributed by atoms with van der Waals surface area (Å²) in [5.41, 5.74) is 0.923. The second-order valence-corrected chi connectivity index (χ2v) is 5.01. The molecule has 0 amide bonds. The Morgan fingerprint density at radius 2 is 2.26 bits per heavy atom. The lowest BCUT2D eigenvalue weighted by Crippen LogP contribution is -2.52. The molecule has 0 saturated carbocycles. The van der Waals surface area contributed by atoms with Gasteiger partial charge in [-0.25, -0.2) is 9.78 Å². The second kappa shape index (κ2) is 5.99. The zero-order valence-corrected chi connectivity index (χ0v) is 11.3. The molecule has 2 rings (SSSR count). The summed E-state index contributed by atoms with van der Waals surface area (Å²) in [7, 11) is 4.26. The van der Waals surface area contributed by atoms with Crippen molar-refractivity contribution in [1.29, 1.82) is 0 Å². The van der Waals surface area contributed by atoms with Crippen molar-refractivity contribution in [3.05, 3.63) is 24.0 Å². The average molecular weight is 264 g/mol. The highest BCUT2D eigenvalue weighted by molar-refractivity contribution is 5.85. The molecule has 1 aromatic heterocycles. The number of aromatic carboxylic acids is 1. The molecular weight excluding hydrogens is 244 g/mol. The van der Waals surface area contributed by atoms with Crippen LogP contribution in [0.2, 0.25) is 0 Å². The van der Waals surface area contributed by atoms with Crippen molar-refractivity contribution < 1.29 is 9.90 Å². The molecule has 1 aromatic rings. The summed E-state index contributed by atoms with van der Waals surface area (Å²) in [6.07, 6.45) is 1.57. The van der Waals surface area contributed by atoms with E-state index in [2.05, 4.69) is 34.2 Å². The van der Waals surface area contributed by atoms with Crippen molar-refractivity contribution in [1.82, 2.24) is 14.8 Å². The number of nitrogens with one attached hydrogen (secondary N) is 1. The summed E-state index contributed by atoms with van der Waals surface area (Å²) in [6, 6.07) is 3.72. The van der Waals surface area contributed by atoms with Gasteiger partial charge < -0.3 is 15.3 Å². The highest BCUT2D eigenvalue weighted by Gasteiger charge is 2.21. The van der Waals surface area contributed by atoms with E-state index in [4.69, 9.17) is 5.11 Å². The lowest BCUT2D eigenvalue weighted by Gasteiger charge is -2.37. The zero-order chi connectivity index (χ0) is 13.8. The Kier molecular flexibility index (Phi) is 4.34. The number of nitrogens with zero attached hydrogens (tertiary/aromatic N) is 3. The first-order valence-electron chi connectivity index (χ1n) is 6.38. The predicted octanol–water partition coefficient (Wildman–Crippen LogP) is 0.438. The minimum Gasteiger partial charge on any atom is -0.477 e. The van der Waals surface area contributed by atoms with Crippen LogP contribution >= 0.6 is 0 Å². The molecule has 6 heteroatoms. The van der Waals surface area contributed by atoms with E-state index >= 15 is 0 Å². The fourth-order valence-electron chi connectivity index (χ4n) is 2.18. The van der Waals surface area contributed by atoms with E-state index in [0.29, 0.717) is 6.04 Å². The van der Waals surface area contributed by atoms with Crippen molar-refractivity contribution in [2.24, 2.45) is 0 Å².